The molecule has 0 radical (unpaired) electrons. The van der Waals surface area contributed by atoms with Gasteiger partial charge < -0.3 is 5.73 Å². The molecular weight excluding hydrogens is 308 g/mol. The Hall–Kier alpha value is -2.37. The van der Waals surface area contributed by atoms with Crippen LogP contribution in [0, 0.1) is 11.7 Å². The average molecular weight is 324 g/mol. The Morgan fingerprint density at radius 2 is 1.78 bits per heavy atom. The predicted molar refractivity (Wildman–Crippen MR) is 81.6 cm³/mol. The van der Waals surface area contributed by atoms with Crippen LogP contribution in [0.2, 0.25) is 0 Å². The van der Waals surface area contributed by atoms with Crippen molar-refractivity contribution in [2.24, 2.45) is 11.7 Å². The number of halogens is 4. The van der Waals surface area contributed by atoms with E-state index in [1.165, 1.54) is 12.3 Å². The highest BCUT2D eigenvalue weighted by atomic mass is 19.4. The third-order valence-corrected chi connectivity index (χ3v) is 3.37. The number of allylic oxidation sites excluding steroid dienone is 1. The molecular formula is C17H16F4N2. The lowest BCUT2D eigenvalue weighted by molar-refractivity contribution is -0.139. The molecule has 0 atom stereocenters. The molecule has 0 aliphatic heterocycles. The molecule has 1 aromatic heterocycles. The number of nitrogens with zero attached hydrogens (tertiary/aromatic N) is 1. The van der Waals surface area contributed by atoms with Gasteiger partial charge in [0.1, 0.15) is 5.82 Å². The second kappa shape index (κ2) is 6.40. The second-order valence-electron chi connectivity index (χ2n) is 5.46. The summed E-state index contributed by atoms with van der Waals surface area (Å²) < 4.78 is 51.8. The number of benzene rings is 1. The van der Waals surface area contributed by atoms with Gasteiger partial charge in [0.05, 0.1) is 11.3 Å². The molecule has 0 spiro atoms. The van der Waals surface area contributed by atoms with Crippen LogP contribution in [0.4, 0.5) is 17.6 Å². The molecule has 122 valence electrons. The zero-order chi connectivity index (χ0) is 17.2. The quantitative estimate of drug-likeness (QED) is 0.819. The summed E-state index contributed by atoms with van der Waals surface area (Å²) in [6.45, 7) is 3.84. The van der Waals surface area contributed by atoms with Gasteiger partial charge in [-0.15, -0.1) is 0 Å². The first-order valence-corrected chi connectivity index (χ1v) is 6.98. The topological polar surface area (TPSA) is 38.9 Å². The molecule has 2 nitrogen and oxygen atoms in total. The van der Waals surface area contributed by atoms with E-state index in [1.807, 2.05) is 13.8 Å². The van der Waals surface area contributed by atoms with Crippen molar-refractivity contribution in [3.05, 3.63) is 59.3 Å². The van der Waals surface area contributed by atoms with E-state index in [2.05, 4.69) is 4.98 Å². The third kappa shape index (κ3) is 4.09. The lowest BCUT2D eigenvalue weighted by Gasteiger charge is -2.11. The van der Waals surface area contributed by atoms with Crippen molar-refractivity contribution < 1.29 is 17.6 Å². The minimum absolute atomic E-state index is 0.128. The molecule has 2 rings (SSSR count). The maximum Gasteiger partial charge on any atom is 0.419 e. The standard InChI is InChI=1S/C17H16F4N2/c1-10(2)16(22)9-13-7-12(5-6-23-13)11-3-4-15(18)14(8-11)17(19,20)21/h3-10H,22H2,1-2H3/b16-9-. The van der Waals surface area contributed by atoms with Gasteiger partial charge in [0.25, 0.3) is 0 Å². The number of hydrogen-bond acceptors (Lipinski definition) is 2. The largest absolute Gasteiger partial charge is 0.419 e. The SMILES string of the molecule is CC(C)/C(N)=C/c1cc(-c2ccc(F)c(C(F)(F)F)c2)ccn1. The van der Waals surface area contributed by atoms with Crippen LogP contribution in [0.3, 0.4) is 0 Å². The van der Waals surface area contributed by atoms with Crippen LogP contribution in [0.15, 0.2) is 42.2 Å². The number of rotatable bonds is 3. The summed E-state index contributed by atoms with van der Waals surface area (Å²) in [6, 6.07) is 6.10. The maximum absolute atomic E-state index is 13.4. The first-order chi connectivity index (χ1) is 10.7. The Morgan fingerprint density at radius 1 is 1.13 bits per heavy atom. The van der Waals surface area contributed by atoms with E-state index in [-0.39, 0.29) is 11.5 Å². The van der Waals surface area contributed by atoms with Crippen molar-refractivity contribution in [2.45, 2.75) is 20.0 Å². The van der Waals surface area contributed by atoms with Crippen molar-refractivity contribution in [2.75, 3.05) is 0 Å². The minimum atomic E-state index is -4.74. The van der Waals surface area contributed by atoms with Gasteiger partial charge >= 0.3 is 6.18 Å². The van der Waals surface area contributed by atoms with Crippen LogP contribution >= 0.6 is 0 Å². The van der Waals surface area contributed by atoms with Crippen molar-refractivity contribution in [1.82, 2.24) is 4.98 Å². The number of aromatic nitrogens is 1. The molecule has 0 aliphatic carbocycles. The maximum atomic E-state index is 13.4. The number of hydrogen-bond donors (Lipinski definition) is 1. The van der Waals surface area contributed by atoms with Crippen molar-refractivity contribution in [3.63, 3.8) is 0 Å². The molecule has 0 amide bonds. The summed E-state index contributed by atoms with van der Waals surface area (Å²) >= 11 is 0. The smallest absolute Gasteiger partial charge is 0.402 e. The van der Waals surface area contributed by atoms with Crippen LogP contribution < -0.4 is 5.73 Å². The highest BCUT2D eigenvalue weighted by molar-refractivity contribution is 5.67. The van der Waals surface area contributed by atoms with E-state index in [0.717, 1.165) is 12.1 Å². The molecule has 1 aromatic carbocycles. The molecule has 0 unspecified atom stereocenters. The number of alkyl halides is 3. The van der Waals surface area contributed by atoms with Gasteiger partial charge in [0, 0.05) is 11.9 Å². The molecule has 6 heteroatoms. The second-order valence-corrected chi connectivity index (χ2v) is 5.46. The van der Waals surface area contributed by atoms with E-state index < -0.39 is 17.6 Å². The summed E-state index contributed by atoms with van der Waals surface area (Å²) in [4.78, 5) is 4.12. The van der Waals surface area contributed by atoms with Crippen molar-refractivity contribution in [1.29, 1.82) is 0 Å². The highest BCUT2D eigenvalue weighted by Crippen LogP contribution is 2.34. The lowest BCUT2D eigenvalue weighted by Crippen LogP contribution is -2.08. The van der Waals surface area contributed by atoms with E-state index >= 15 is 0 Å². The van der Waals surface area contributed by atoms with Crippen LogP contribution in [0.25, 0.3) is 17.2 Å². The average Bonchev–Trinajstić information content (AvgIpc) is 2.46. The number of pyridine rings is 1. The summed E-state index contributed by atoms with van der Waals surface area (Å²) in [5, 5.41) is 0. The highest BCUT2D eigenvalue weighted by Gasteiger charge is 2.34. The van der Waals surface area contributed by atoms with Crippen LogP contribution in [0.1, 0.15) is 25.1 Å². The zero-order valence-electron chi connectivity index (χ0n) is 12.7. The predicted octanol–water partition coefficient (Wildman–Crippen LogP) is 4.86. The van der Waals surface area contributed by atoms with Crippen LogP contribution in [-0.2, 0) is 6.18 Å². The summed E-state index contributed by atoms with van der Waals surface area (Å²) in [5.41, 5.74) is 6.49. The molecule has 0 saturated carbocycles. The number of nitrogens with two attached hydrogens (primary N) is 1. The Bertz CT molecular complexity index is 734. The van der Waals surface area contributed by atoms with E-state index in [9.17, 15) is 17.6 Å². The molecule has 0 saturated heterocycles. The summed E-state index contributed by atoms with van der Waals surface area (Å²) in [7, 11) is 0. The minimum Gasteiger partial charge on any atom is -0.402 e. The molecule has 1 heterocycles. The molecule has 2 N–H and O–H groups in total. The van der Waals surface area contributed by atoms with E-state index in [0.29, 0.717) is 17.0 Å². The lowest BCUT2D eigenvalue weighted by atomic mass is 10.0. The van der Waals surface area contributed by atoms with Gasteiger partial charge in [-0.05, 0) is 47.4 Å². The Morgan fingerprint density at radius 3 is 2.39 bits per heavy atom. The molecule has 2 aromatic rings. The van der Waals surface area contributed by atoms with E-state index in [1.54, 1.807) is 18.2 Å². The fraction of sp³-hybridized carbons (Fsp3) is 0.235. The molecule has 23 heavy (non-hydrogen) atoms. The van der Waals surface area contributed by atoms with Crippen molar-refractivity contribution >= 4 is 6.08 Å². The fourth-order valence-electron chi connectivity index (χ4n) is 1.97. The zero-order valence-corrected chi connectivity index (χ0v) is 12.7. The molecule has 0 bridgehead atoms. The monoisotopic (exact) mass is 324 g/mol. The van der Waals surface area contributed by atoms with Gasteiger partial charge in [-0.3, -0.25) is 4.98 Å². The molecule has 0 fully saturated rings. The first-order valence-electron chi connectivity index (χ1n) is 6.98. The van der Waals surface area contributed by atoms with Crippen LogP contribution in [-0.4, -0.2) is 4.98 Å². The Labute approximate surface area is 131 Å². The van der Waals surface area contributed by atoms with Gasteiger partial charge in [0.2, 0.25) is 0 Å². The van der Waals surface area contributed by atoms with E-state index in [4.69, 9.17) is 5.73 Å². The third-order valence-electron chi connectivity index (χ3n) is 3.37. The normalized spacial score (nSPS) is 12.7. The summed E-state index contributed by atoms with van der Waals surface area (Å²) in [5.74, 6) is -1.16. The van der Waals surface area contributed by atoms with Gasteiger partial charge in [-0.2, -0.15) is 13.2 Å². The van der Waals surface area contributed by atoms with Gasteiger partial charge in [0.15, 0.2) is 0 Å². The Kier molecular flexibility index (Phi) is 4.73. The first kappa shape index (κ1) is 17.0. The van der Waals surface area contributed by atoms with Gasteiger partial charge in [-0.1, -0.05) is 19.9 Å². The Balaban J connectivity index is 2.46. The summed E-state index contributed by atoms with van der Waals surface area (Å²) in [6.07, 6.45) is -1.59. The molecule has 0 aliphatic rings. The van der Waals surface area contributed by atoms with Gasteiger partial charge in [-0.25, -0.2) is 4.39 Å². The van der Waals surface area contributed by atoms with Crippen molar-refractivity contribution in [3.8, 4) is 11.1 Å². The fourth-order valence-corrected chi connectivity index (χ4v) is 1.97. The van der Waals surface area contributed by atoms with Crippen LogP contribution in [0.5, 0.6) is 0 Å².